The number of benzene rings is 1. The van der Waals surface area contributed by atoms with Crippen LogP contribution in [0.2, 0.25) is 5.02 Å². The summed E-state index contributed by atoms with van der Waals surface area (Å²) in [6.07, 6.45) is 1.70. The van der Waals surface area contributed by atoms with Crippen molar-refractivity contribution in [3.05, 3.63) is 29.1 Å². The van der Waals surface area contributed by atoms with Crippen LogP contribution in [0.5, 0.6) is 5.75 Å². The van der Waals surface area contributed by atoms with E-state index < -0.39 is 38.0 Å². The van der Waals surface area contributed by atoms with Crippen molar-refractivity contribution >= 4 is 33.4 Å². The highest BCUT2D eigenvalue weighted by Gasteiger charge is 2.26. The molecule has 2 rings (SSSR count). The maximum Gasteiger partial charge on any atom is 0.387 e. The Morgan fingerprint density at radius 3 is 2.65 bits per heavy atom. The number of ether oxygens (including phenoxy) is 1. The third-order valence-electron chi connectivity index (χ3n) is 2.47. The number of amides is 1. The first-order valence-corrected chi connectivity index (χ1v) is 8.02. The average Bonchev–Trinajstić information content (AvgIpc) is 2.89. The van der Waals surface area contributed by atoms with E-state index in [2.05, 4.69) is 20.3 Å². The van der Waals surface area contributed by atoms with Crippen LogP contribution in [0.4, 0.5) is 14.8 Å². The fourth-order valence-corrected chi connectivity index (χ4v) is 3.22. The highest BCUT2D eigenvalue weighted by molar-refractivity contribution is 7.91. The molecule has 0 fully saturated rings. The van der Waals surface area contributed by atoms with Crippen molar-refractivity contribution < 1.29 is 31.1 Å². The Morgan fingerprint density at radius 1 is 1.43 bits per heavy atom. The minimum atomic E-state index is -4.05. The highest BCUT2D eigenvalue weighted by atomic mass is 35.5. The molecule has 1 aromatic carbocycles. The lowest BCUT2D eigenvalue weighted by atomic mass is 10.2. The van der Waals surface area contributed by atoms with Crippen molar-refractivity contribution in [3.8, 4) is 5.75 Å². The molecule has 1 aromatic heterocycles. The first-order valence-electron chi connectivity index (χ1n) is 5.75. The summed E-state index contributed by atoms with van der Waals surface area (Å²) >= 11 is 5.89. The van der Waals surface area contributed by atoms with E-state index in [-0.39, 0.29) is 11.6 Å². The van der Waals surface area contributed by atoms with Crippen LogP contribution in [-0.4, -0.2) is 37.4 Å². The summed E-state index contributed by atoms with van der Waals surface area (Å²) in [5, 5.41) is 8.34. The molecule has 0 saturated heterocycles. The zero-order valence-corrected chi connectivity index (χ0v) is 12.9. The van der Waals surface area contributed by atoms with Gasteiger partial charge in [-0.25, -0.2) is 8.42 Å². The summed E-state index contributed by atoms with van der Waals surface area (Å²) in [7, 11) is -4.05. The molecule has 0 saturated carbocycles. The number of hydrogen-bond acceptors (Lipinski definition) is 7. The third-order valence-corrected chi connectivity index (χ3v) is 4.12. The largest absolute Gasteiger partial charge is 0.433 e. The lowest BCUT2D eigenvalue weighted by Gasteiger charge is -2.13. The fourth-order valence-electron chi connectivity index (χ4n) is 1.64. The van der Waals surface area contributed by atoms with Crippen molar-refractivity contribution in [1.82, 2.24) is 10.2 Å². The van der Waals surface area contributed by atoms with Gasteiger partial charge >= 0.3 is 12.6 Å². The predicted molar refractivity (Wildman–Crippen MR) is 73.4 cm³/mol. The summed E-state index contributed by atoms with van der Waals surface area (Å²) in [5.74, 6) is -1.53. The minimum Gasteiger partial charge on any atom is -0.433 e. The molecule has 2 aromatic rings. The molecule has 0 aliphatic carbocycles. The second kappa shape index (κ2) is 6.46. The van der Waals surface area contributed by atoms with E-state index >= 15 is 0 Å². The Hall–Kier alpha value is -2.27. The SMILES string of the molecule is CS(=O)(=O)c1c(OC(F)F)ccc(C(=O)Nc2nnco2)c1Cl. The molecule has 23 heavy (non-hydrogen) atoms. The fraction of sp³-hybridized carbons (Fsp3) is 0.182. The average molecular weight is 368 g/mol. The Kier molecular flexibility index (Phi) is 4.80. The van der Waals surface area contributed by atoms with Gasteiger partial charge in [-0.05, 0) is 12.1 Å². The monoisotopic (exact) mass is 367 g/mol. The molecule has 0 aliphatic rings. The summed E-state index contributed by atoms with van der Waals surface area (Å²) in [4.78, 5) is 11.3. The van der Waals surface area contributed by atoms with E-state index in [1.165, 1.54) is 0 Å². The Labute approximate surface area is 133 Å². The van der Waals surface area contributed by atoms with Gasteiger partial charge in [0, 0.05) is 6.26 Å². The number of aromatic nitrogens is 2. The first kappa shape index (κ1) is 17.1. The van der Waals surface area contributed by atoms with E-state index in [1.807, 2.05) is 0 Å². The molecule has 124 valence electrons. The molecule has 0 bridgehead atoms. The number of nitrogens with zero attached hydrogens (tertiary/aromatic N) is 2. The molecule has 0 spiro atoms. The van der Waals surface area contributed by atoms with Gasteiger partial charge in [-0.2, -0.15) is 8.78 Å². The van der Waals surface area contributed by atoms with Crippen molar-refractivity contribution in [2.75, 3.05) is 11.6 Å². The lowest BCUT2D eigenvalue weighted by Crippen LogP contribution is -2.15. The van der Waals surface area contributed by atoms with Gasteiger partial charge in [0.2, 0.25) is 6.39 Å². The van der Waals surface area contributed by atoms with Gasteiger partial charge in [-0.3, -0.25) is 10.1 Å². The Morgan fingerprint density at radius 2 is 2.13 bits per heavy atom. The van der Waals surface area contributed by atoms with Crippen LogP contribution in [0.3, 0.4) is 0 Å². The molecule has 0 radical (unpaired) electrons. The number of carbonyl (C=O) groups is 1. The highest BCUT2D eigenvalue weighted by Crippen LogP contribution is 2.35. The van der Waals surface area contributed by atoms with Crippen molar-refractivity contribution in [3.63, 3.8) is 0 Å². The van der Waals surface area contributed by atoms with Crippen LogP contribution in [-0.2, 0) is 9.84 Å². The molecule has 0 atom stereocenters. The normalized spacial score (nSPS) is 11.5. The van der Waals surface area contributed by atoms with E-state index in [0.29, 0.717) is 0 Å². The molecular weight excluding hydrogens is 360 g/mol. The van der Waals surface area contributed by atoms with Gasteiger partial charge in [0.1, 0.15) is 10.6 Å². The van der Waals surface area contributed by atoms with Crippen LogP contribution in [0.15, 0.2) is 27.8 Å². The topological polar surface area (TPSA) is 111 Å². The van der Waals surface area contributed by atoms with E-state index in [0.717, 1.165) is 24.8 Å². The minimum absolute atomic E-state index is 0.250. The van der Waals surface area contributed by atoms with E-state index in [9.17, 15) is 22.0 Å². The number of halogens is 3. The summed E-state index contributed by atoms with van der Waals surface area (Å²) in [5.41, 5.74) is -0.299. The van der Waals surface area contributed by atoms with E-state index in [4.69, 9.17) is 16.0 Å². The molecule has 1 amide bonds. The first-order chi connectivity index (χ1) is 10.7. The number of carbonyl (C=O) groups excluding carboxylic acids is 1. The Bertz CT molecular complexity index is 826. The molecule has 12 heteroatoms. The number of nitrogens with one attached hydrogen (secondary N) is 1. The molecule has 0 unspecified atom stereocenters. The maximum absolute atomic E-state index is 12.4. The molecule has 8 nitrogen and oxygen atoms in total. The summed E-state index contributed by atoms with van der Waals surface area (Å²) in [6.45, 7) is -3.26. The number of rotatable bonds is 5. The Balaban J connectivity index is 2.48. The van der Waals surface area contributed by atoms with Crippen LogP contribution in [0.25, 0.3) is 0 Å². The number of hydrogen-bond donors (Lipinski definition) is 1. The number of anilines is 1. The van der Waals surface area contributed by atoms with Gasteiger partial charge in [0.25, 0.3) is 5.91 Å². The van der Waals surface area contributed by atoms with Gasteiger partial charge < -0.3 is 9.15 Å². The second-order valence-electron chi connectivity index (χ2n) is 4.10. The van der Waals surface area contributed by atoms with Gasteiger partial charge in [0.15, 0.2) is 9.84 Å². The maximum atomic E-state index is 12.4. The molecule has 1 N–H and O–H groups in total. The van der Waals surface area contributed by atoms with Crippen LogP contribution in [0.1, 0.15) is 10.4 Å². The molecule has 0 aliphatic heterocycles. The summed E-state index contributed by atoms with van der Waals surface area (Å²) < 4.78 is 57.1. The zero-order valence-electron chi connectivity index (χ0n) is 11.3. The predicted octanol–water partition coefficient (Wildman–Crippen LogP) is 1.98. The zero-order chi connectivity index (χ0) is 17.2. The standard InChI is InChI=1S/C11H8ClF2N3O5S/c1-23(19,20)8-6(22-10(13)14)3-2-5(7(8)12)9(18)16-11-17-15-4-21-11/h2-4,10H,1H3,(H,16,17,18). The number of sulfone groups is 1. The van der Waals surface area contributed by atoms with Crippen molar-refractivity contribution in [1.29, 1.82) is 0 Å². The van der Waals surface area contributed by atoms with E-state index in [1.54, 1.807) is 0 Å². The van der Waals surface area contributed by atoms with Gasteiger partial charge in [-0.1, -0.05) is 16.7 Å². The second-order valence-corrected chi connectivity index (χ2v) is 6.43. The smallest absolute Gasteiger partial charge is 0.387 e. The van der Waals surface area contributed by atoms with Crippen molar-refractivity contribution in [2.24, 2.45) is 0 Å². The van der Waals surface area contributed by atoms with Crippen LogP contribution < -0.4 is 10.1 Å². The van der Waals surface area contributed by atoms with Gasteiger partial charge in [-0.15, -0.1) is 5.10 Å². The molecular formula is C11H8ClF2N3O5S. The molecule has 1 heterocycles. The van der Waals surface area contributed by atoms with Gasteiger partial charge in [0.05, 0.1) is 10.6 Å². The quantitative estimate of drug-likeness (QED) is 0.859. The third kappa shape index (κ3) is 3.93. The van der Waals surface area contributed by atoms with Crippen LogP contribution >= 0.6 is 11.6 Å². The van der Waals surface area contributed by atoms with Crippen LogP contribution in [0, 0.1) is 0 Å². The number of alkyl halides is 2. The van der Waals surface area contributed by atoms with Crippen molar-refractivity contribution in [2.45, 2.75) is 11.5 Å². The lowest BCUT2D eigenvalue weighted by molar-refractivity contribution is -0.0517. The summed E-state index contributed by atoms with van der Waals surface area (Å²) in [6, 6.07) is 1.68.